The smallest absolute Gasteiger partial charge is 0.228 e. The van der Waals surface area contributed by atoms with E-state index >= 15 is 0 Å². The average Bonchev–Trinajstić information content (AvgIpc) is 3.36. The molecule has 0 saturated carbocycles. The number of halogens is 1. The van der Waals surface area contributed by atoms with Gasteiger partial charge in [-0.25, -0.2) is 0 Å². The molecule has 0 atom stereocenters. The van der Waals surface area contributed by atoms with Crippen LogP contribution >= 0.6 is 11.6 Å². The summed E-state index contributed by atoms with van der Waals surface area (Å²) in [6.45, 7) is 4.15. The van der Waals surface area contributed by atoms with Gasteiger partial charge in [0.25, 0.3) is 0 Å². The van der Waals surface area contributed by atoms with Gasteiger partial charge in [-0.2, -0.15) is 4.98 Å². The molecule has 0 spiro atoms. The van der Waals surface area contributed by atoms with Gasteiger partial charge in [-0.05, 0) is 12.1 Å². The molecule has 3 aromatic rings. The monoisotopic (exact) mass is 402 g/mol. The van der Waals surface area contributed by atoms with Crippen molar-refractivity contribution in [2.24, 2.45) is 4.99 Å². The van der Waals surface area contributed by atoms with Gasteiger partial charge in [0.2, 0.25) is 11.7 Å². The molecule has 0 fully saturated rings. The maximum atomic E-state index is 6.00. The van der Waals surface area contributed by atoms with E-state index in [1.165, 1.54) is 0 Å². The first kappa shape index (κ1) is 19.8. The summed E-state index contributed by atoms with van der Waals surface area (Å²) in [6.07, 6.45) is 3.18. The van der Waals surface area contributed by atoms with Gasteiger partial charge in [0.05, 0.1) is 0 Å². The predicted octanol–water partition coefficient (Wildman–Crippen LogP) is 1.95. The highest BCUT2D eigenvalue weighted by Crippen LogP contribution is 2.19. The molecule has 2 heterocycles. The molecule has 28 heavy (non-hydrogen) atoms. The fourth-order valence-electron chi connectivity index (χ4n) is 2.64. The first-order valence-corrected chi connectivity index (χ1v) is 9.47. The van der Waals surface area contributed by atoms with E-state index in [0.29, 0.717) is 42.2 Å². The molecule has 0 unspecified atom stereocenters. The summed E-state index contributed by atoms with van der Waals surface area (Å²) in [6, 6.07) is 7.36. The highest BCUT2D eigenvalue weighted by Gasteiger charge is 2.09. The quantitative estimate of drug-likeness (QED) is 0.438. The summed E-state index contributed by atoms with van der Waals surface area (Å²) in [5.41, 5.74) is 0.827. The van der Waals surface area contributed by atoms with E-state index in [0.717, 1.165) is 24.4 Å². The molecule has 0 aliphatic heterocycles. The Morgan fingerprint density at radius 3 is 2.93 bits per heavy atom. The minimum Gasteiger partial charge on any atom is -0.356 e. The normalized spacial score (nSPS) is 11.6. The van der Waals surface area contributed by atoms with E-state index < -0.39 is 0 Å². The van der Waals surface area contributed by atoms with Crippen LogP contribution in [-0.2, 0) is 19.4 Å². The lowest BCUT2D eigenvalue weighted by atomic mass is 10.2. The molecule has 2 N–H and O–H groups in total. The van der Waals surface area contributed by atoms with Crippen molar-refractivity contribution < 1.29 is 4.52 Å². The van der Waals surface area contributed by atoms with Crippen molar-refractivity contribution in [1.29, 1.82) is 0 Å². The van der Waals surface area contributed by atoms with Gasteiger partial charge in [0.1, 0.15) is 12.2 Å². The fraction of sp³-hybridized carbons (Fsp3) is 0.389. The first-order valence-electron chi connectivity index (χ1n) is 9.09. The van der Waals surface area contributed by atoms with Crippen LogP contribution in [0, 0.1) is 0 Å². The number of rotatable bonds is 8. The highest BCUT2D eigenvalue weighted by atomic mass is 35.5. The van der Waals surface area contributed by atoms with Gasteiger partial charge < -0.3 is 19.7 Å². The predicted molar refractivity (Wildman–Crippen MR) is 107 cm³/mol. The highest BCUT2D eigenvalue weighted by molar-refractivity contribution is 6.30. The van der Waals surface area contributed by atoms with Gasteiger partial charge >= 0.3 is 0 Å². The van der Waals surface area contributed by atoms with Crippen molar-refractivity contribution in [3.05, 3.63) is 47.3 Å². The van der Waals surface area contributed by atoms with Crippen LogP contribution < -0.4 is 10.6 Å². The lowest BCUT2D eigenvalue weighted by molar-refractivity contribution is 0.378. The second-order valence-corrected chi connectivity index (χ2v) is 6.43. The molecule has 0 radical (unpaired) electrons. The standard InChI is InChI=1S/C18H23ClN8O/c1-3-15-25-23-12-27(15)10-9-22-18(20-2)21-8-7-16-24-17(26-28-16)13-5-4-6-14(19)11-13/h4-6,11-12H,3,7-10H2,1-2H3,(H2,20,21,22). The molecule has 10 heteroatoms. The molecule has 0 amide bonds. The molecular formula is C18H23ClN8O. The lowest BCUT2D eigenvalue weighted by Crippen LogP contribution is -2.39. The molecule has 0 saturated heterocycles. The SMILES string of the molecule is CCc1nncn1CCNC(=NC)NCCc1nc(-c2cccc(Cl)c2)no1. The van der Waals surface area contributed by atoms with E-state index in [9.17, 15) is 0 Å². The van der Waals surface area contributed by atoms with Gasteiger partial charge in [-0.3, -0.25) is 4.99 Å². The number of nitrogens with zero attached hydrogens (tertiary/aromatic N) is 6. The van der Waals surface area contributed by atoms with Gasteiger partial charge in [-0.15, -0.1) is 10.2 Å². The Morgan fingerprint density at radius 2 is 2.14 bits per heavy atom. The Labute approximate surface area is 168 Å². The van der Waals surface area contributed by atoms with Crippen molar-refractivity contribution in [1.82, 2.24) is 35.5 Å². The summed E-state index contributed by atoms with van der Waals surface area (Å²) in [5, 5.41) is 19.1. The van der Waals surface area contributed by atoms with Crippen LogP contribution in [0.4, 0.5) is 0 Å². The van der Waals surface area contributed by atoms with Crippen LogP contribution in [-0.4, -0.2) is 51.0 Å². The number of aromatic nitrogens is 5. The number of hydrogen-bond acceptors (Lipinski definition) is 6. The Morgan fingerprint density at radius 1 is 1.29 bits per heavy atom. The zero-order valence-corrected chi connectivity index (χ0v) is 16.6. The minimum atomic E-state index is 0.528. The molecule has 0 bridgehead atoms. The van der Waals surface area contributed by atoms with E-state index in [1.54, 1.807) is 25.5 Å². The summed E-state index contributed by atoms with van der Waals surface area (Å²) in [7, 11) is 1.73. The number of benzene rings is 1. The number of guanidine groups is 1. The molecular weight excluding hydrogens is 380 g/mol. The third-order valence-corrected chi connectivity index (χ3v) is 4.30. The van der Waals surface area contributed by atoms with Crippen molar-refractivity contribution in [2.75, 3.05) is 20.1 Å². The summed E-state index contributed by atoms with van der Waals surface area (Å²) < 4.78 is 7.33. The van der Waals surface area contributed by atoms with E-state index in [-0.39, 0.29) is 0 Å². The molecule has 0 aliphatic rings. The zero-order chi connectivity index (χ0) is 19.8. The Kier molecular flexibility index (Phi) is 6.96. The van der Waals surface area contributed by atoms with Crippen LogP contribution in [0.1, 0.15) is 18.6 Å². The van der Waals surface area contributed by atoms with E-state index in [1.807, 2.05) is 16.7 Å². The summed E-state index contributed by atoms with van der Waals surface area (Å²) >= 11 is 6.00. The Hall–Kier alpha value is -2.94. The maximum Gasteiger partial charge on any atom is 0.228 e. The minimum absolute atomic E-state index is 0.528. The number of aryl methyl sites for hydroxylation is 1. The topological polar surface area (TPSA) is 106 Å². The van der Waals surface area contributed by atoms with Gasteiger partial charge in [0, 0.05) is 50.1 Å². The van der Waals surface area contributed by atoms with Crippen LogP contribution in [0.5, 0.6) is 0 Å². The van der Waals surface area contributed by atoms with E-state index in [2.05, 4.69) is 42.9 Å². The van der Waals surface area contributed by atoms with Crippen molar-refractivity contribution in [3.8, 4) is 11.4 Å². The number of aliphatic imine (C=N–C) groups is 1. The Bertz CT molecular complexity index is 920. The molecule has 0 aliphatic carbocycles. The Balaban J connectivity index is 1.43. The second-order valence-electron chi connectivity index (χ2n) is 5.99. The summed E-state index contributed by atoms with van der Waals surface area (Å²) in [4.78, 5) is 8.62. The second kappa shape index (κ2) is 9.84. The molecule has 2 aromatic heterocycles. The molecule has 9 nitrogen and oxygen atoms in total. The largest absolute Gasteiger partial charge is 0.356 e. The summed E-state index contributed by atoms with van der Waals surface area (Å²) in [5.74, 6) is 2.76. The number of nitrogens with one attached hydrogen (secondary N) is 2. The lowest BCUT2D eigenvalue weighted by Gasteiger charge is -2.11. The first-order chi connectivity index (χ1) is 13.7. The van der Waals surface area contributed by atoms with Crippen LogP contribution in [0.3, 0.4) is 0 Å². The van der Waals surface area contributed by atoms with Crippen molar-refractivity contribution >= 4 is 17.6 Å². The van der Waals surface area contributed by atoms with Crippen molar-refractivity contribution in [3.63, 3.8) is 0 Å². The van der Waals surface area contributed by atoms with Crippen LogP contribution in [0.25, 0.3) is 11.4 Å². The molecule has 1 aromatic carbocycles. The maximum absolute atomic E-state index is 6.00. The van der Waals surface area contributed by atoms with E-state index in [4.69, 9.17) is 16.1 Å². The average molecular weight is 403 g/mol. The molecule has 3 rings (SSSR count). The third kappa shape index (κ3) is 5.29. The van der Waals surface area contributed by atoms with Crippen LogP contribution in [0.2, 0.25) is 5.02 Å². The van der Waals surface area contributed by atoms with Crippen molar-refractivity contribution in [2.45, 2.75) is 26.3 Å². The number of hydrogen-bond donors (Lipinski definition) is 2. The fourth-order valence-corrected chi connectivity index (χ4v) is 2.83. The molecule has 148 valence electrons. The third-order valence-electron chi connectivity index (χ3n) is 4.06. The van der Waals surface area contributed by atoms with Crippen LogP contribution in [0.15, 0.2) is 40.1 Å². The zero-order valence-electron chi connectivity index (χ0n) is 15.9. The van der Waals surface area contributed by atoms with Gasteiger partial charge in [0.15, 0.2) is 5.96 Å². The van der Waals surface area contributed by atoms with Gasteiger partial charge in [-0.1, -0.05) is 35.8 Å².